The molecular weight excluding hydrogens is 365 g/mol. The van der Waals surface area contributed by atoms with E-state index in [0.29, 0.717) is 32.7 Å². The van der Waals surface area contributed by atoms with Crippen molar-refractivity contribution in [2.45, 2.75) is 4.90 Å². The van der Waals surface area contributed by atoms with Crippen molar-refractivity contribution < 1.29 is 17.9 Å². The van der Waals surface area contributed by atoms with Crippen LogP contribution in [0.15, 0.2) is 21.5 Å². The molecule has 0 bridgehead atoms. The molecule has 2 rings (SSSR count). The van der Waals surface area contributed by atoms with E-state index in [4.69, 9.17) is 10.8 Å². The summed E-state index contributed by atoms with van der Waals surface area (Å²) in [5, 5.41) is 8.88. The van der Waals surface area contributed by atoms with Crippen LogP contribution in [0.25, 0.3) is 0 Å². The number of sulfonamides is 1. The van der Waals surface area contributed by atoms with Crippen LogP contribution in [0.1, 0.15) is 0 Å². The van der Waals surface area contributed by atoms with Crippen LogP contribution in [0, 0.1) is 5.82 Å². The van der Waals surface area contributed by atoms with Crippen LogP contribution in [0.5, 0.6) is 0 Å². The van der Waals surface area contributed by atoms with E-state index in [1.807, 2.05) is 4.90 Å². The lowest BCUT2D eigenvalue weighted by Gasteiger charge is -2.33. The summed E-state index contributed by atoms with van der Waals surface area (Å²) in [5.41, 5.74) is 5.54. The van der Waals surface area contributed by atoms with Gasteiger partial charge in [0.05, 0.1) is 16.8 Å². The van der Waals surface area contributed by atoms with Crippen molar-refractivity contribution >= 4 is 31.6 Å². The second kappa shape index (κ2) is 6.57. The minimum Gasteiger partial charge on any atom is -0.398 e. The van der Waals surface area contributed by atoms with Gasteiger partial charge in [-0.15, -0.1) is 0 Å². The second-order valence-electron chi connectivity index (χ2n) is 4.77. The Morgan fingerprint density at radius 2 is 1.90 bits per heavy atom. The third kappa shape index (κ3) is 3.54. The number of halogens is 2. The predicted octanol–water partition coefficient (Wildman–Crippen LogP) is 0.469. The monoisotopic (exact) mass is 381 g/mol. The van der Waals surface area contributed by atoms with Gasteiger partial charge in [-0.25, -0.2) is 12.8 Å². The highest BCUT2D eigenvalue weighted by Gasteiger charge is 2.30. The van der Waals surface area contributed by atoms with Crippen molar-refractivity contribution in [3.05, 3.63) is 22.4 Å². The normalized spacial score (nSPS) is 18.0. The molecule has 0 unspecified atom stereocenters. The molecular formula is C12H17BrFN3O3S. The lowest BCUT2D eigenvalue weighted by Crippen LogP contribution is -2.49. The number of nitrogens with two attached hydrogens (primary N) is 1. The van der Waals surface area contributed by atoms with Gasteiger partial charge in [-0.1, -0.05) is 0 Å². The Labute approximate surface area is 131 Å². The highest BCUT2D eigenvalue weighted by molar-refractivity contribution is 9.10. The molecule has 1 fully saturated rings. The summed E-state index contributed by atoms with van der Waals surface area (Å²) in [7, 11) is -3.75. The van der Waals surface area contributed by atoms with Gasteiger partial charge >= 0.3 is 0 Å². The van der Waals surface area contributed by atoms with Gasteiger partial charge in [-0.05, 0) is 28.1 Å². The topological polar surface area (TPSA) is 86.9 Å². The highest BCUT2D eigenvalue weighted by Crippen LogP contribution is 2.28. The third-order valence-corrected chi connectivity index (χ3v) is 5.98. The largest absolute Gasteiger partial charge is 0.398 e. The van der Waals surface area contributed by atoms with E-state index in [9.17, 15) is 12.8 Å². The minimum atomic E-state index is -3.75. The summed E-state index contributed by atoms with van der Waals surface area (Å²) in [4.78, 5) is 1.89. The third-order valence-electron chi connectivity index (χ3n) is 3.42. The highest BCUT2D eigenvalue weighted by atomic mass is 79.9. The van der Waals surface area contributed by atoms with E-state index in [0.717, 1.165) is 6.07 Å². The van der Waals surface area contributed by atoms with E-state index in [-0.39, 0.29) is 21.7 Å². The summed E-state index contributed by atoms with van der Waals surface area (Å²) >= 11 is 2.98. The molecule has 0 aromatic heterocycles. The van der Waals surface area contributed by atoms with Gasteiger partial charge in [0.2, 0.25) is 10.0 Å². The molecule has 118 valence electrons. The molecule has 1 saturated heterocycles. The molecule has 1 aromatic rings. The number of aliphatic hydroxyl groups is 1. The van der Waals surface area contributed by atoms with E-state index in [1.165, 1.54) is 10.4 Å². The zero-order valence-electron chi connectivity index (χ0n) is 11.3. The maximum Gasteiger partial charge on any atom is 0.245 e. The minimum absolute atomic E-state index is 0.0462. The van der Waals surface area contributed by atoms with Crippen LogP contribution >= 0.6 is 15.9 Å². The first-order valence-corrected chi connectivity index (χ1v) is 8.67. The van der Waals surface area contributed by atoms with Gasteiger partial charge < -0.3 is 10.8 Å². The van der Waals surface area contributed by atoms with Gasteiger partial charge in [-0.2, -0.15) is 4.31 Å². The van der Waals surface area contributed by atoms with Crippen LogP contribution in [0.2, 0.25) is 0 Å². The van der Waals surface area contributed by atoms with Gasteiger partial charge in [0.15, 0.2) is 0 Å². The molecule has 1 aliphatic heterocycles. The molecule has 1 aromatic carbocycles. The van der Waals surface area contributed by atoms with Gasteiger partial charge in [0.1, 0.15) is 10.7 Å². The smallest absolute Gasteiger partial charge is 0.245 e. The van der Waals surface area contributed by atoms with Gasteiger partial charge in [-0.3, -0.25) is 4.90 Å². The lowest BCUT2D eigenvalue weighted by molar-refractivity contribution is 0.151. The average Bonchev–Trinajstić information content (AvgIpc) is 2.43. The van der Waals surface area contributed by atoms with E-state index in [1.54, 1.807) is 0 Å². The molecule has 0 spiro atoms. The molecule has 21 heavy (non-hydrogen) atoms. The Kier molecular flexibility index (Phi) is 5.20. The summed E-state index contributed by atoms with van der Waals surface area (Å²) < 4.78 is 39.9. The number of hydrogen-bond donors (Lipinski definition) is 2. The summed E-state index contributed by atoms with van der Waals surface area (Å²) in [6.45, 7) is 2.29. The van der Waals surface area contributed by atoms with Crippen LogP contribution < -0.4 is 5.73 Å². The zero-order chi connectivity index (χ0) is 15.6. The number of benzene rings is 1. The Bertz CT molecular complexity index is 618. The molecule has 1 aliphatic rings. The number of piperazine rings is 1. The van der Waals surface area contributed by atoms with Crippen LogP contribution in [0.3, 0.4) is 0 Å². The van der Waals surface area contributed by atoms with E-state index >= 15 is 0 Å². The Morgan fingerprint density at radius 1 is 1.29 bits per heavy atom. The van der Waals surface area contributed by atoms with Crippen molar-refractivity contribution in [2.75, 3.05) is 45.1 Å². The van der Waals surface area contributed by atoms with Crippen LogP contribution in [0.4, 0.5) is 10.1 Å². The first-order chi connectivity index (χ1) is 9.86. The maximum atomic E-state index is 13.4. The molecule has 0 amide bonds. The standard InChI is InChI=1S/C12H17BrFN3O3S/c13-9-7-12(11(15)8-10(9)14)21(19,20)17-3-1-16(2-4-17)5-6-18/h7-8,18H,1-6,15H2. The molecule has 3 N–H and O–H groups in total. The van der Waals surface area contributed by atoms with Crippen molar-refractivity contribution in [1.82, 2.24) is 9.21 Å². The van der Waals surface area contributed by atoms with E-state index < -0.39 is 15.8 Å². The Balaban J connectivity index is 2.22. The van der Waals surface area contributed by atoms with Crippen LogP contribution in [-0.2, 0) is 10.0 Å². The van der Waals surface area contributed by atoms with Crippen molar-refractivity contribution in [3.63, 3.8) is 0 Å². The second-order valence-corrected chi connectivity index (χ2v) is 7.53. The maximum absolute atomic E-state index is 13.4. The van der Waals surface area contributed by atoms with Crippen molar-refractivity contribution in [1.29, 1.82) is 0 Å². The molecule has 6 nitrogen and oxygen atoms in total. The first kappa shape index (κ1) is 16.6. The van der Waals surface area contributed by atoms with E-state index in [2.05, 4.69) is 15.9 Å². The predicted molar refractivity (Wildman–Crippen MR) is 80.8 cm³/mol. The Hall–Kier alpha value is -0.740. The summed E-state index contributed by atoms with van der Waals surface area (Å²) in [5.74, 6) is -0.598. The number of nitrogens with zero attached hydrogens (tertiary/aromatic N) is 2. The van der Waals surface area contributed by atoms with Gasteiger partial charge in [0, 0.05) is 32.7 Å². The van der Waals surface area contributed by atoms with Gasteiger partial charge in [0.25, 0.3) is 0 Å². The molecule has 9 heteroatoms. The summed E-state index contributed by atoms with van der Waals surface area (Å²) in [6, 6.07) is 2.19. The molecule has 0 atom stereocenters. The number of hydrogen-bond acceptors (Lipinski definition) is 5. The Morgan fingerprint density at radius 3 is 2.48 bits per heavy atom. The lowest BCUT2D eigenvalue weighted by atomic mass is 10.3. The molecule has 0 saturated carbocycles. The van der Waals surface area contributed by atoms with Crippen molar-refractivity contribution in [2.24, 2.45) is 0 Å². The molecule has 0 aliphatic carbocycles. The number of nitrogen functional groups attached to an aromatic ring is 1. The van der Waals surface area contributed by atoms with Crippen LogP contribution in [-0.4, -0.2) is 62.1 Å². The molecule has 0 radical (unpaired) electrons. The zero-order valence-corrected chi connectivity index (χ0v) is 13.7. The quantitative estimate of drug-likeness (QED) is 0.740. The summed E-state index contributed by atoms with van der Waals surface area (Å²) in [6.07, 6.45) is 0. The van der Waals surface area contributed by atoms with Crippen molar-refractivity contribution in [3.8, 4) is 0 Å². The average molecular weight is 382 g/mol. The number of aliphatic hydroxyl groups excluding tert-OH is 1. The number of rotatable bonds is 4. The number of β-amino-alcohol motifs (C(OH)–C–C–N with tert-alkyl or cyclic N) is 1. The fourth-order valence-electron chi connectivity index (χ4n) is 2.24. The fourth-order valence-corrected chi connectivity index (χ4v) is 4.28. The SMILES string of the molecule is Nc1cc(F)c(Br)cc1S(=O)(=O)N1CCN(CCO)CC1. The first-order valence-electron chi connectivity index (χ1n) is 6.44. The fraction of sp³-hybridized carbons (Fsp3) is 0.500. The number of anilines is 1. The molecule has 1 heterocycles.